The van der Waals surface area contributed by atoms with Crippen molar-refractivity contribution in [3.63, 3.8) is 0 Å². The van der Waals surface area contributed by atoms with E-state index in [2.05, 4.69) is 20.3 Å². The van der Waals surface area contributed by atoms with Crippen molar-refractivity contribution in [2.24, 2.45) is 0 Å². The lowest BCUT2D eigenvalue weighted by molar-refractivity contribution is 0.628. The molecule has 116 valence electrons. The molecule has 0 spiro atoms. The van der Waals surface area contributed by atoms with E-state index in [1.807, 2.05) is 6.92 Å². The fourth-order valence-electron chi connectivity index (χ4n) is 2.30. The SMILES string of the molecule is CCNc1ncc(-c2cc[nH]c(=O)c2)c(-c2cccc(F)c2)n1. The van der Waals surface area contributed by atoms with Crippen LogP contribution in [0, 0.1) is 5.82 Å². The van der Waals surface area contributed by atoms with Crippen molar-refractivity contribution >= 4 is 5.95 Å². The molecule has 0 bridgehead atoms. The molecule has 23 heavy (non-hydrogen) atoms. The Labute approximate surface area is 132 Å². The first-order valence-electron chi connectivity index (χ1n) is 7.23. The van der Waals surface area contributed by atoms with Gasteiger partial charge in [0.05, 0.1) is 5.69 Å². The minimum atomic E-state index is -0.344. The van der Waals surface area contributed by atoms with E-state index < -0.39 is 0 Å². The molecule has 0 aliphatic carbocycles. The van der Waals surface area contributed by atoms with Crippen molar-refractivity contribution in [2.45, 2.75) is 6.92 Å². The highest BCUT2D eigenvalue weighted by atomic mass is 19.1. The molecule has 0 aliphatic rings. The number of benzene rings is 1. The third kappa shape index (κ3) is 3.26. The molecule has 1 aromatic carbocycles. The van der Waals surface area contributed by atoms with Crippen molar-refractivity contribution in [1.82, 2.24) is 15.0 Å². The van der Waals surface area contributed by atoms with Gasteiger partial charge in [-0.15, -0.1) is 0 Å². The normalized spacial score (nSPS) is 10.5. The van der Waals surface area contributed by atoms with Crippen molar-refractivity contribution in [3.8, 4) is 22.4 Å². The predicted octanol–water partition coefficient (Wildman–Crippen LogP) is 3.07. The second kappa shape index (κ2) is 6.39. The third-order valence-electron chi connectivity index (χ3n) is 3.31. The number of halogens is 1. The summed E-state index contributed by atoms with van der Waals surface area (Å²) in [5.74, 6) is 0.114. The monoisotopic (exact) mass is 310 g/mol. The van der Waals surface area contributed by atoms with E-state index in [4.69, 9.17) is 0 Å². The lowest BCUT2D eigenvalue weighted by Gasteiger charge is -2.11. The molecule has 3 rings (SSSR count). The lowest BCUT2D eigenvalue weighted by atomic mass is 10.0. The molecule has 0 atom stereocenters. The molecule has 5 nitrogen and oxygen atoms in total. The summed E-state index contributed by atoms with van der Waals surface area (Å²) in [7, 11) is 0. The quantitative estimate of drug-likeness (QED) is 0.777. The summed E-state index contributed by atoms with van der Waals surface area (Å²) in [5.41, 5.74) is 2.32. The Morgan fingerprint density at radius 3 is 2.83 bits per heavy atom. The average Bonchev–Trinajstić information content (AvgIpc) is 2.55. The fourth-order valence-corrected chi connectivity index (χ4v) is 2.30. The van der Waals surface area contributed by atoms with Crippen molar-refractivity contribution in [1.29, 1.82) is 0 Å². The van der Waals surface area contributed by atoms with E-state index >= 15 is 0 Å². The summed E-state index contributed by atoms with van der Waals surface area (Å²) >= 11 is 0. The molecular formula is C17H15FN4O. The highest BCUT2D eigenvalue weighted by Crippen LogP contribution is 2.30. The second-order valence-corrected chi connectivity index (χ2v) is 4.94. The van der Waals surface area contributed by atoms with Crippen LogP contribution in [0.1, 0.15) is 6.92 Å². The van der Waals surface area contributed by atoms with Crippen LogP contribution in [0.3, 0.4) is 0 Å². The average molecular weight is 310 g/mol. The van der Waals surface area contributed by atoms with Crippen LogP contribution in [0.2, 0.25) is 0 Å². The molecule has 0 aliphatic heterocycles. The molecule has 2 aromatic heterocycles. The van der Waals surface area contributed by atoms with Gasteiger partial charge < -0.3 is 10.3 Å². The molecular weight excluding hydrogens is 295 g/mol. The highest BCUT2D eigenvalue weighted by molar-refractivity contribution is 5.80. The topological polar surface area (TPSA) is 70.7 Å². The van der Waals surface area contributed by atoms with Gasteiger partial charge in [-0.3, -0.25) is 4.79 Å². The molecule has 0 radical (unpaired) electrons. The number of aromatic amines is 1. The van der Waals surface area contributed by atoms with Gasteiger partial charge in [0, 0.05) is 36.1 Å². The molecule has 0 saturated heterocycles. The highest BCUT2D eigenvalue weighted by Gasteiger charge is 2.12. The number of hydrogen-bond acceptors (Lipinski definition) is 4. The number of nitrogens with zero attached hydrogens (tertiary/aromatic N) is 2. The maximum atomic E-state index is 13.6. The molecule has 0 fully saturated rings. The summed E-state index contributed by atoms with van der Waals surface area (Å²) in [6, 6.07) is 9.42. The summed E-state index contributed by atoms with van der Waals surface area (Å²) < 4.78 is 13.6. The van der Waals surface area contributed by atoms with Crippen LogP contribution in [0.15, 0.2) is 53.6 Å². The van der Waals surface area contributed by atoms with Gasteiger partial charge in [0.2, 0.25) is 11.5 Å². The number of anilines is 1. The van der Waals surface area contributed by atoms with Crippen molar-refractivity contribution in [2.75, 3.05) is 11.9 Å². The molecule has 3 aromatic rings. The third-order valence-corrected chi connectivity index (χ3v) is 3.31. The Hall–Kier alpha value is -3.02. The van der Waals surface area contributed by atoms with Gasteiger partial charge in [-0.05, 0) is 30.7 Å². The van der Waals surface area contributed by atoms with Gasteiger partial charge in [0.25, 0.3) is 0 Å². The van der Waals surface area contributed by atoms with E-state index in [9.17, 15) is 9.18 Å². The van der Waals surface area contributed by atoms with Gasteiger partial charge >= 0.3 is 0 Å². The predicted molar refractivity (Wildman–Crippen MR) is 87.6 cm³/mol. The zero-order valence-electron chi connectivity index (χ0n) is 12.5. The van der Waals surface area contributed by atoms with Gasteiger partial charge in [0.1, 0.15) is 5.82 Å². The van der Waals surface area contributed by atoms with Crippen molar-refractivity contribution < 1.29 is 4.39 Å². The molecule has 0 unspecified atom stereocenters. The van der Waals surface area contributed by atoms with E-state index in [1.165, 1.54) is 18.2 Å². The Bertz CT molecular complexity index is 892. The van der Waals surface area contributed by atoms with E-state index in [-0.39, 0.29) is 11.4 Å². The summed E-state index contributed by atoms with van der Waals surface area (Å²) in [6.45, 7) is 2.61. The molecule has 2 heterocycles. The zero-order chi connectivity index (χ0) is 16.2. The molecule has 0 amide bonds. The lowest BCUT2D eigenvalue weighted by Crippen LogP contribution is -2.06. The van der Waals surface area contributed by atoms with Crippen LogP contribution in [-0.2, 0) is 0 Å². The smallest absolute Gasteiger partial charge is 0.248 e. The van der Waals surface area contributed by atoms with Crippen LogP contribution in [0.5, 0.6) is 0 Å². The van der Waals surface area contributed by atoms with Crippen LogP contribution < -0.4 is 10.9 Å². The van der Waals surface area contributed by atoms with Gasteiger partial charge in [-0.2, -0.15) is 0 Å². The number of nitrogens with one attached hydrogen (secondary N) is 2. The number of pyridine rings is 1. The first kappa shape index (κ1) is 14.9. The van der Waals surface area contributed by atoms with Crippen molar-refractivity contribution in [3.05, 3.63) is 65.0 Å². The van der Waals surface area contributed by atoms with E-state index in [0.717, 1.165) is 0 Å². The Morgan fingerprint density at radius 1 is 1.22 bits per heavy atom. The first-order chi connectivity index (χ1) is 11.2. The summed E-state index contributed by atoms with van der Waals surface area (Å²) in [6.07, 6.45) is 3.20. The van der Waals surface area contributed by atoms with Crippen LogP contribution in [-0.4, -0.2) is 21.5 Å². The van der Waals surface area contributed by atoms with Gasteiger partial charge in [-0.25, -0.2) is 14.4 Å². The van der Waals surface area contributed by atoms with E-state index in [1.54, 1.807) is 30.6 Å². The molecule has 6 heteroatoms. The maximum absolute atomic E-state index is 13.6. The Kier molecular flexibility index (Phi) is 4.14. The Morgan fingerprint density at radius 2 is 2.09 bits per heavy atom. The molecule has 0 saturated carbocycles. The van der Waals surface area contributed by atoms with E-state index in [0.29, 0.717) is 34.9 Å². The van der Waals surface area contributed by atoms with Gasteiger partial charge in [0.15, 0.2) is 0 Å². The molecule has 2 N–H and O–H groups in total. The largest absolute Gasteiger partial charge is 0.354 e. The summed E-state index contributed by atoms with van der Waals surface area (Å²) in [4.78, 5) is 22.9. The fraction of sp³-hybridized carbons (Fsp3) is 0.118. The Balaban J connectivity index is 2.21. The number of H-pyrrole nitrogens is 1. The first-order valence-corrected chi connectivity index (χ1v) is 7.23. The maximum Gasteiger partial charge on any atom is 0.248 e. The zero-order valence-corrected chi connectivity index (χ0v) is 12.5. The summed E-state index contributed by atoms with van der Waals surface area (Å²) in [5, 5.41) is 3.04. The minimum absolute atomic E-state index is 0.219. The van der Waals surface area contributed by atoms with Crippen LogP contribution >= 0.6 is 0 Å². The number of aromatic nitrogens is 3. The second-order valence-electron chi connectivity index (χ2n) is 4.94. The van der Waals surface area contributed by atoms with Crippen LogP contribution in [0.4, 0.5) is 10.3 Å². The number of hydrogen-bond donors (Lipinski definition) is 2. The standard InChI is InChI=1S/C17H15FN4O/c1-2-19-17-21-10-14(11-6-7-20-15(23)9-11)16(22-17)12-4-3-5-13(18)8-12/h3-10H,2H2,1H3,(H,20,23)(H,19,21,22). The minimum Gasteiger partial charge on any atom is -0.354 e. The van der Waals surface area contributed by atoms with Gasteiger partial charge in [-0.1, -0.05) is 12.1 Å². The van der Waals surface area contributed by atoms with Crippen LogP contribution in [0.25, 0.3) is 22.4 Å². The number of rotatable bonds is 4.